The molecule has 86 valence electrons. The highest BCUT2D eigenvalue weighted by Gasteiger charge is 2.33. The van der Waals surface area contributed by atoms with Crippen LogP contribution in [-0.2, 0) is 4.79 Å². The Morgan fingerprint density at radius 2 is 1.93 bits per heavy atom. The number of nitrogens with zero attached hydrogens (tertiary/aromatic N) is 1. The molecule has 15 heavy (non-hydrogen) atoms. The number of piperazine rings is 1. The fourth-order valence-electron chi connectivity index (χ4n) is 2.52. The lowest BCUT2D eigenvalue weighted by Gasteiger charge is -2.41. The molecule has 1 unspecified atom stereocenters. The molecule has 0 aromatic heterocycles. The topological polar surface area (TPSA) is 64.6 Å². The lowest BCUT2D eigenvalue weighted by atomic mass is 10.0. The third-order valence-corrected chi connectivity index (χ3v) is 3.35. The highest BCUT2D eigenvalue weighted by molar-refractivity contribution is 5.74. The summed E-state index contributed by atoms with van der Waals surface area (Å²) in [5, 5.41) is 15.6. The van der Waals surface area contributed by atoms with Gasteiger partial charge in [0.25, 0.3) is 0 Å². The standard InChI is InChI=1S/C10H19N3O2/c14-10(15)9-7-12-5-6-13(9)8-1-3-11-4-2-8/h8-9,11-12H,1-7H2,(H,14,15). The number of hydrogen-bond acceptors (Lipinski definition) is 4. The van der Waals surface area contributed by atoms with Crippen LogP contribution in [0.1, 0.15) is 12.8 Å². The SMILES string of the molecule is O=C(O)C1CNCCN1C1CCNCC1. The van der Waals surface area contributed by atoms with Crippen LogP contribution < -0.4 is 10.6 Å². The van der Waals surface area contributed by atoms with Crippen LogP contribution in [0.5, 0.6) is 0 Å². The maximum Gasteiger partial charge on any atom is 0.322 e. The molecule has 3 N–H and O–H groups in total. The van der Waals surface area contributed by atoms with Crippen LogP contribution in [-0.4, -0.2) is 60.8 Å². The smallest absolute Gasteiger partial charge is 0.322 e. The van der Waals surface area contributed by atoms with Gasteiger partial charge in [-0.3, -0.25) is 9.69 Å². The van der Waals surface area contributed by atoms with E-state index in [-0.39, 0.29) is 6.04 Å². The summed E-state index contributed by atoms with van der Waals surface area (Å²) >= 11 is 0. The van der Waals surface area contributed by atoms with Crippen LogP contribution in [0.25, 0.3) is 0 Å². The average molecular weight is 213 g/mol. The quantitative estimate of drug-likeness (QED) is 0.554. The van der Waals surface area contributed by atoms with E-state index in [1.165, 1.54) is 0 Å². The third kappa shape index (κ3) is 2.48. The van der Waals surface area contributed by atoms with Crippen LogP contribution in [0.4, 0.5) is 0 Å². The number of carboxylic acids is 1. The summed E-state index contributed by atoms with van der Waals surface area (Å²) in [4.78, 5) is 13.3. The highest BCUT2D eigenvalue weighted by atomic mass is 16.4. The Hall–Kier alpha value is -0.650. The summed E-state index contributed by atoms with van der Waals surface area (Å²) in [6, 6.07) is 0.122. The van der Waals surface area contributed by atoms with Gasteiger partial charge in [0, 0.05) is 25.7 Å². The molecule has 2 aliphatic heterocycles. The highest BCUT2D eigenvalue weighted by Crippen LogP contribution is 2.16. The molecule has 0 aliphatic carbocycles. The molecule has 0 bridgehead atoms. The van der Waals surface area contributed by atoms with Gasteiger partial charge < -0.3 is 15.7 Å². The van der Waals surface area contributed by atoms with E-state index in [1.54, 1.807) is 0 Å². The van der Waals surface area contributed by atoms with Crippen molar-refractivity contribution < 1.29 is 9.90 Å². The molecule has 1 atom stereocenters. The van der Waals surface area contributed by atoms with Crippen molar-refractivity contribution in [2.75, 3.05) is 32.7 Å². The summed E-state index contributed by atoms with van der Waals surface area (Å²) in [5.74, 6) is -0.694. The third-order valence-electron chi connectivity index (χ3n) is 3.35. The molecule has 0 saturated carbocycles. The molecule has 5 heteroatoms. The van der Waals surface area contributed by atoms with Crippen molar-refractivity contribution in [2.45, 2.75) is 24.9 Å². The van der Waals surface area contributed by atoms with Crippen LogP contribution in [0.3, 0.4) is 0 Å². The first kappa shape index (κ1) is 10.9. The van der Waals surface area contributed by atoms with Gasteiger partial charge >= 0.3 is 5.97 Å². The lowest BCUT2D eigenvalue weighted by molar-refractivity contribution is -0.145. The van der Waals surface area contributed by atoms with E-state index in [0.717, 1.165) is 39.0 Å². The van der Waals surface area contributed by atoms with Crippen molar-refractivity contribution >= 4 is 5.97 Å². The predicted octanol–water partition coefficient (Wildman–Crippen LogP) is -0.903. The Balaban J connectivity index is 1.99. The van der Waals surface area contributed by atoms with Gasteiger partial charge in [0.1, 0.15) is 6.04 Å². The van der Waals surface area contributed by atoms with Crippen LogP contribution >= 0.6 is 0 Å². The Bertz CT molecular complexity index is 229. The van der Waals surface area contributed by atoms with E-state index in [9.17, 15) is 4.79 Å². The average Bonchev–Trinajstić information content (AvgIpc) is 2.30. The number of carboxylic acid groups (broad SMARTS) is 1. The number of rotatable bonds is 2. The summed E-state index contributed by atoms with van der Waals surface area (Å²) in [7, 11) is 0. The van der Waals surface area contributed by atoms with Crippen molar-refractivity contribution in [1.29, 1.82) is 0 Å². The van der Waals surface area contributed by atoms with Crippen molar-refractivity contribution in [3.05, 3.63) is 0 Å². The molecule has 2 saturated heterocycles. The first-order valence-corrected chi connectivity index (χ1v) is 5.69. The molecule has 0 radical (unpaired) electrons. The molecule has 0 amide bonds. The predicted molar refractivity (Wildman–Crippen MR) is 56.9 cm³/mol. The molecular weight excluding hydrogens is 194 g/mol. The largest absolute Gasteiger partial charge is 0.480 e. The monoisotopic (exact) mass is 213 g/mol. The van der Waals surface area contributed by atoms with Gasteiger partial charge in [-0.1, -0.05) is 0 Å². The Labute approximate surface area is 89.8 Å². The zero-order chi connectivity index (χ0) is 10.7. The van der Waals surface area contributed by atoms with Gasteiger partial charge in [-0.2, -0.15) is 0 Å². The van der Waals surface area contributed by atoms with E-state index in [2.05, 4.69) is 15.5 Å². The number of hydrogen-bond donors (Lipinski definition) is 3. The summed E-state index contributed by atoms with van der Waals surface area (Å²) in [6.45, 7) is 4.39. The Morgan fingerprint density at radius 1 is 1.20 bits per heavy atom. The van der Waals surface area contributed by atoms with Crippen molar-refractivity contribution in [3.63, 3.8) is 0 Å². The van der Waals surface area contributed by atoms with E-state index in [1.807, 2.05) is 0 Å². The summed E-state index contributed by atoms with van der Waals surface area (Å²) in [5.41, 5.74) is 0. The first-order valence-electron chi connectivity index (χ1n) is 5.69. The van der Waals surface area contributed by atoms with Gasteiger partial charge in [-0.05, 0) is 25.9 Å². The number of aliphatic carboxylic acids is 1. The van der Waals surface area contributed by atoms with Gasteiger partial charge in [0.05, 0.1) is 0 Å². The molecule has 2 heterocycles. The second kappa shape index (κ2) is 4.92. The zero-order valence-electron chi connectivity index (χ0n) is 8.91. The molecule has 0 aromatic carbocycles. The molecule has 0 spiro atoms. The zero-order valence-corrected chi connectivity index (χ0v) is 8.91. The van der Waals surface area contributed by atoms with Gasteiger partial charge in [0.2, 0.25) is 0 Å². The molecule has 2 rings (SSSR count). The molecule has 0 aromatic rings. The Morgan fingerprint density at radius 3 is 2.60 bits per heavy atom. The van der Waals surface area contributed by atoms with Crippen molar-refractivity contribution in [2.24, 2.45) is 0 Å². The van der Waals surface area contributed by atoms with Crippen molar-refractivity contribution in [1.82, 2.24) is 15.5 Å². The molecule has 2 fully saturated rings. The second-order valence-electron chi connectivity index (χ2n) is 4.28. The normalized spacial score (nSPS) is 30.3. The minimum atomic E-state index is -0.694. The van der Waals surface area contributed by atoms with Crippen LogP contribution in [0.15, 0.2) is 0 Å². The van der Waals surface area contributed by atoms with Crippen molar-refractivity contribution in [3.8, 4) is 0 Å². The second-order valence-corrected chi connectivity index (χ2v) is 4.28. The van der Waals surface area contributed by atoms with E-state index in [4.69, 9.17) is 5.11 Å². The fourth-order valence-corrected chi connectivity index (χ4v) is 2.52. The fraction of sp³-hybridized carbons (Fsp3) is 0.900. The van der Waals surface area contributed by atoms with E-state index < -0.39 is 5.97 Å². The van der Waals surface area contributed by atoms with Gasteiger partial charge in [-0.15, -0.1) is 0 Å². The van der Waals surface area contributed by atoms with E-state index >= 15 is 0 Å². The number of carbonyl (C=O) groups is 1. The van der Waals surface area contributed by atoms with Crippen LogP contribution in [0.2, 0.25) is 0 Å². The number of nitrogens with one attached hydrogen (secondary N) is 2. The minimum Gasteiger partial charge on any atom is -0.480 e. The van der Waals surface area contributed by atoms with Crippen LogP contribution in [0, 0.1) is 0 Å². The van der Waals surface area contributed by atoms with E-state index in [0.29, 0.717) is 12.6 Å². The maximum absolute atomic E-state index is 11.1. The first-order chi connectivity index (χ1) is 7.29. The number of piperidine rings is 1. The minimum absolute atomic E-state index is 0.332. The molecular formula is C10H19N3O2. The maximum atomic E-state index is 11.1. The molecule has 2 aliphatic rings. The molecule has 5 nitrogen and oxygen atoms in total. The van der Waals surface area contributed by atoms with Gasteiger partial charge in [-0.25, -0.2) is 0 Å². The summed E-state index contributed by atoms with van der Waals surface area (Å²) in [6.07, 6.45) is 2.15. The van der Waals surface area contributed by atoms with Gasteiger partial charge in [0.15, 0.2) is 0 Å². The lowest BCUT2D eigenvalue weighted by Crippen LogP contribution is -2.59. The summed E-state index contributed by atoms with van der Waals surface area (Å²) < 4.78 is 0. The Kier molecular flexibility index (Phi) is 3.56.